The van der Waals surface area contributed by atoms with E-state index in [4.69, 9.17) is 21.1 Å². The van der Waals surface area contributed by atoms with Gasteiger partial charge < -0.3 is 14.8 Å². The fraction of sp³-hybridized carbons (Fsp3) is 0.273. The Labute approximate surface area is 204 Å². The molecule has 0 saturated carbocycles. The van der Waals surface area contributed by atoms with E-state index in [9.17, 15) is 14.4 Å². The van der Waals surface area contributed by atoms with Gasteiger partial charge in [-0.2, -0.15) is 0 Å². The Kier molecular flexibility index (Phi) is 6.17. The number of fused-ring (bicyclic) bond motifs is 2. The molecule has 1 fully saturated rings. The molecule has 0 aliphatic carbocycles. The second kappa shape index (κ2) is 9.26. The third kappa shape index (κ3) is 4.34. The molecule has 5 rings (SSSR count). The van der Waals surface area contributed by atoms with E-state index in [1.165, 1.54) is 11.8 Å². The lowest BCUT2D eigenvalue weighted by Gasteiger charge is -2.32. The molecule has 2 unspecified atom stereocenters. The van der Waals surface area contributed by atoms with Crippen LogP contribution in [0, 0.1) is 5.92 Å². The molecule has 3 N–H and O–H groups in total. The van der Waals surface area contributed by atoms with Gasteiger partial charge in [0.2, 0.25) is 18.6 Å². The summed E-state index contributed by atoms with van der Waals surface area (Å²) in [5, 5.41) is 3.69. The number of thioether (sulfide) groups is 1. The highest BCUT2D eigenvalue weighted by atomic mass is 35.5. The van der Waals surface area contributed by atoms with Crippen LogP contribution in [-0.4, -0.2) is 48.0 Å². The predicted molar refractivity (Wildman–Crippen MR) is 128 cm³/mol. The summed E-state index contributed by atoms with van der Waals surface area (Å²) in [5.74, 6) is -0.195. The maximum Gasteiger partial charge on any atom is 0.241 e. The first kappa shape index (κ1) is 22.7. The Bertz CT molecular complexity index is 1200. The summed E-state index contributed by atoms with van der Waals surface area (Å²) in [6.45, 7) is 1.92. The first-order chi connectivity index (χ1) is 16.4. The Morgan fingerprint density at radius 2 is 1.97 bits per heavy atom. The zero-order valence-corrected chi connectivity index (χ0v) is 19.5. The molecule has 0 radical (unpaired) electrons. The zero-order valence-electron chi connectivity index (χ0n) is 18.0. The van der Waals surface area contributed by atoms with Gasteiger partial charge in [-0.25, -0.2) is 10.4 Å². The number of carbonyl (C=O) groups is 3. The Balaban J connectivity index is 1.35. The number of hydrogen-bond acceptors (Lipinski definition) is 9. The van der Waals surface area contributed by atoms with Crippen molar-refractivity contribution in [1.29, 1.82) is 0 Å². The van der Waals surface area contributed by atoms with E-state index >= 15 is 0 Å². The van der Waals surface area contributed by atoms with Crippen LogP contribution in [0.4, 0.5) is 11.4 Å². The molecule has 2 aromatic carbocycles. The van der Waals surface area contributed by atoms with Crippen LogP contribution in [0.1, 0.15) is 17.3 Å². The second-order valence-electron chi connectivity index (χ2n) is 7.78. The SMILES string of the molecule is CC(=O)c1cc2c(cc1NC(=O)CSC1=NC3NNCC3C(=O)N1c1ccc(Cl)cc1)OCO2. The Hall–Kier alpha value is -3.12. The van der Waals surface area contributed by atoms with Gasteiger partial charge in [-0.1, -0.05) is 23.4 Å². The van der Waals surface area contributed by atoms with Crippen LogP contribution in [0.15, 0.2) is 41.4 Å². The van der Waals surface area contributed by atoms with Crippen LogP contribution >= 0.6 is 23.4 Å². The summed E-state index contributed by atoms with van der Waals surface area (Å²) in [6, 6.07) is 9.98. The summed E-state index contributed by atoms with van der Waals surface area (Å²) in [7, 11) is 0. The highest BCUT2D eigenvalue weighted by Crippen LogP contribution is 2.37. The molecule has 3 aliphatic heterocycles. The van der Waals surface area contributed by atoms with Gasteiger partial charge in [0.05, 0.1) is 23.0 Å². The smallest absolute Gasteiger partial charge is 0.241 e. The highest BCUT2D eigenvalue weighted by Gasteiger charge is 2.42. The van der Waals surface area contributed by atoms with Gasteiger partial charge in [-0.15, -0.1) is 0 Å². The molecule has 176 valence electrons. The molecule has 2 aromatic rings. The molecule has 0 spiro atoms. The Morgan fingerprint density at radius 3 is 2.71 bits per heavy atom. The molecule has 0 aromatic heterocycles. The lowest BCUT2D eigenvalue weighted by Crippen LogP contribution is -2.49. The van der Waals surface area contributed by atoms with Gasteiger partial charge >= 0.3 is 0 Å². The number of hydrazine groups is 1. The number of Topliss-reactive ketones (excluding diaryl/α,β-unsaturated/α-hetero) is 1. The van der Waals surface area contributed by atoms with E-state index in [2.05, 4.69) is 21.2 Å². The van der Waals surface area contributed by atoms with E-state index in [0.29, 0.717) is 45.2 Å². The molecular formula is C22H20ClN5O5S. The van der Waals surface area contributed by atoms with Crippen molar-refractivity contribution in [3.8, 4) is 11.5 Å². The number of amides is 2. The molecule has 12 heteroatoms. The molecule has 3 aliphatic rings. The van der Waals surface area contributed by atoms with Crippen LogP contribution < -0.4 is 30.5 Å². The topological polar surface area (TPSA) is 121 Å². The average Bonchev–Trinajstić information content (AvgIpc) is 3.47. The van der Waals surface area contributed by atoms with Crippen molar-refractivity contribution >= 4 is 57.5 Å². The molecule has 2 atom stereocenters. The minimum Gasteiger partial charge on any atom is -0.454 e. The summed E-state index contributed by atoms with van der Waals surface area (Å²) in [5.41, 5.74) is 7.22. The van der Waals surface area contributed by atoms with Crippen LogP contribution in [0.25, 0.3) is 0 Å². The Morgan fingerprint density at radius 1 is 1.24 bits per heavy atom. The number of nitrogens with one attached hydrogen (secondary N) is 3. The lowest BCUT2D eigenvalue weighted by atomic mass is 10.0. The number of anilines is 2. The molecule has 2 amide bonds. The van der Waals surface area contributed by atoms with Gasteiger partial charge in [0.15, 0.2) is 22.4 Å². The van der Waals surface area contributed by atoms with Crippen LogP contribution in [0.3, 0.4) is 0 Å². The van der Waals surface area contributed by atoms with E-state index < -0.39 is 6.17 Å². The second-order valence-corrected chi connectivity index (χ2v) is 9.16. The van der Waals surface area contributed by atoms with Crippen molar-refractivity contribution in [3.05, 3.63) is 47.0 Å². The average molecular weight is 502 g/mol. The fourth-order valence-corrected chi connectivity index (χ4v) is 4.82. The van der Waals surface area contributed by atoms with E-state index in [0.717, 1.165) is 11.8 Å². The lowest BCUT2D eigenvalue weighted by molar-refractivity contribution is -0.121. The minimum atomic E-state index is -0.417. The quantitative estimate of drug-likeness (QED) is 0.534. The third-order valence-corrected chi connectivity index (χ3v) is 6.72. The third-order valence-electron chi connectivity index (χ3n) is 5.51. The van der Waals surface area contributed by atoms with Gasteiger partial charge in [-0.3, -0.25) is 24.7 Å². The number of amidine groups is 1. The van der Waals surface area contributed by atoms with Crippen molar-refractivity contribution in [2.75, 3.05) is 29.3 Å². The number of rotatable bonds is 5. The zero-order chi connectivity index (χ0) is 23.8. The van der Waals surface area contributed by atoms with Gasteiger partial charge in [-0.05, 0) is 37.3 Å². The van der Waals surface area contributed by atoms with Crippen LogP contribution in [0.2, 0.25) is 5.02 Å². The summed E-state index contributed by atoms with van der Waals surface area (Å²) >= 11 is 7.14. The van der Waals surface area contributed by atoms with Gasteiger partial charge in [0, 0.05) is 23.2 Å². The van der Waals surface area contributed by atoms with Gasteiger partial charge in [0.25, 0.3) is 0 Å². The first-order valence-electron chi connectivity index (χ1n) is 10.4. The summed E-state index contributed by atoms with van der Waals surface area (Å²) < 4.78 is 10.7. The number of hydrogen-bond donors (Lipinski definition) is 3. The van der Waals surface area contributed by atoms with Crippen molar-refractivity contribution in [1.82, 2.24) is 10.9 Å². The number of carbonyl (C=O) groups excluding carboxylic acids is 3. The number of halogens is 1. The fourth-order valence-electron chi connectivity index (χ4n) is 3.85. The number of nitrogens with zero attached hydrogens (tertiary/aromatic N) is 2. The molecule has 3 heterocycles. The van der Waals surface area contributed by atoms with Crippen LogP contribution in [-0.2, 0) is 9.59 Å². The van der Waals surface area contributed by atoms with Crippen molar-refractivity contribution in [3.63, 3.8) is 0 Å². The maximum atomic E-state index is 13.2. The molecule has 1 saturated heterocycles. The monoisotopic (exact) mass is 501 g/mol. The molecule has 34 heavy (non-hydrogen) atoms. The highest BCUT2D eigenvalue weighted by molar-refractivity contribution is 8.14. The number of ether oxygens (including phenoxy) is 2. The van der Waals surface area contributed by atoms with E-state index in [-0.39, 0.29) is 36.1 Å². The van der Waals surface area contributed by atoms with Gasteiger partial charge in [0.1, 0.15) is 6.17 Å². The number of aliphatic imine (C=N–C) groups is 1. The maximum absolute atomic E-state index is 13.2. The van der Waals surface area contributed by atoms with Crippen molar-refractivity contribution in [2.45, 2.75) is 13.1 Å². The number of benzene rings is 2. The predicted octanol–water partition coefficient (Wildman–Crippen LogP) is 2.40. The molecular weight excluding hydrogens is 482 g/mol. The summed E-state index contributed by atoms with van der Waals surface area (Å²) in [6.07, 6.45) is -0.417. The summed E-state index contributed by atoms with van der Waals surface area (Å²) in [4.78, 5) is 44.3. The van der Waals surface area contributed by atoms with Crippen molar-refractivity contribution < 1.29 is 23.9 Å². The molecule has 0 bridgehead atoms. The van der Waals surface area contributed by atoms with Crippen LogP contribution in [0.5, 0.6) is 11.5 Å². The number of ketones is 1. The minimum absolute atomic E-state index is 0.0349. The van der Waals surface area contributed by atoms with E-state index in [1.54, 1.807) is 36.4 Å². The molecule has 10 nitrogen and oxygen atoms in total. The normalized spacial score (nSPS) is 20.7. The standard InChI is InChI=1S/C22H20ClN5O5S/c1-11(29)14-6-17-18(33-10-32-17)7-16(14)25-19(30)9-34-22-26-20-15(8-24-27-20)21(31)28(22)13-4-2-12(23)3-5-13/h2-7,15,20,24,27H,8-10H2,1H3,(H,25,30). The first-order valence-corrected chi connectivity index (χ1v) is 11.8. The van der Waals surface area contributed by atoms with E-state index in [1.807, 2.05) is 0 Å². The van der Waals surface area contributed by atoms with Crippen molar-refractivity contribution in [2.24, 2.45) is 10.9 Å². The largest absolute Gasteiger partial charge is 0.454 e.